The van der Waals surface area contributed by atoms with Crippen LogP contribution in [0.3, 0.4) is 0 Å². The Kier molecular flexibility index (Phi) is 4.97. The van der Waals surface area contributed by atoms with Crippen molar-refractivity contribution in [2.75, 3.05) is 0 Å². The minimum atomic E-state index is -5.23. The lowest BCUT2D eigenvalue weighted by Crippen LogP contribution is -2.53. The van der Waals surface area contributed by atoms with Gasteiger partial charge < -0.3 is 4.74 Å². The molecule has 2 aliphatic carbocycles. The van der Waals surface area contributed by atoms with Crippen LogP contribution >= 0.6 is 0 Å². The second-order valence-electron chi connectivity index (χ2n) is 8.28. The highest BCUT2D eigenvalue weighted by Crippen LogP contribution is 2.62. The van der Waals surface area contributed by atoms with Crippen LogP contribution in [0.1, 0.15) is 53.4 Å². The zero-order valence-electron chi connectivity index (χ0n) is 14.4. The minimum Gasteiger partial charge on any atom is -0.460 e. The number of esters is 1. The minimum absolute atomic E-state index is 0.122. The number of fused-ring (bicyclic) bond motifs is 2. The van der Waals surface area contributed by atoms with Crippen molar-refractivity contribution < 1.29 is 31.5 Å². The van der Waals surface area contributed by atoms with E-state index >= 15 is 4.39 Å². The lowest BCUT2D eigenvalue weighted by Gasteiger charge is -2.41. The molecule has 0 spiro atoms. The van der Waals surface area contributed by atoms with Crippen LogP contribution in [-0.2, 0) is 9.53 Å². The van der Waals surface area contributed by atoms with Crippen molar-refractivity contribution in [2.24, 2.45) is 23.7 Å². The fraction of sp³-hybridized carbons (Fsp3) is 0.941. The Morgan fingerprint density at radius 1 is 1.25 bits per heavy atom. The highest BCUT2D eigenvalue weighted by Gasteiger charge is 2.69. The SMILES string of the molecule is CC(CC1C2CCC(C2)C1(F)C(F)C(F)(F)F)C(=O)OC(C)(C)C. The van der Waals surface area contributed by atoms with E-state index in [0.717, 1.165) is 0 Å². The molecule has 140 valence electrons. The average molecular weight is 356 g/mol. The topological polar surface area (TPSA) is 26.3 Å². The third-order valence-electron chi connectivity index (χ3n) is 5.33. The summed E-state index contributed by atoms with van der Waals surface area (Å²) in [6, 6.07) is 0. The molecular weight excluding hydrogens is 331 g/mol. The van der Waals surface area contributed by atoms with Crippen LogP contribution in [0.15, 0.2) is 0 Å². The molecular formula is C17H25F5O2. The summed E-state index contributed by atoms with van der Waals surface area (Å²) in [7, 11) is 0. The maximum atomic E-state index is 15.3. The van der Waals surface area contributed by atoms with Crippen molar-refractivity contribution in [1.82, 2.24) is 0 Å². The molecule has 0 radical (unpaired) electrons. The van der Waals surface area contributed by atoms with Gasteiger partial charge in [0, 0.05) is 5.92 Å². The van der Waals surface area contributed by atoms with Crippen LogP contribution in [-0.4, -0.2) is 29.6 Å². The molecule has 0 aromatic carbocycles. The van der Waals surface area contributed by atoms with Crippen molar-refractivity contribution in [3.8, 4) is 0 Å². The van der Waals surface area contributed by atoms with Gasteiger partial charge in [-0.05, 0) is 58.3 Å². The van der Waals surface area contributed by atoms with Gasteiger partial charge in [0.2, 0.25) is 6.17 Å². The van der Waals surface area contributed by atoms with Gasteiger partial charge in [-0.2, -0.15) is 13.2 Å². The summed E-state index contributed by atoms with van der Waals surface area (Å²) in [6.07, 6.45) is -7.73. The maximum absolute atomic E-state index is 15.3. The van der Waals surface area contributed by atoms with Gasteiger partial charge in [0.1, 0.15) is 5.60 Å². The molecule has 0 aromatic heterocycles. The molecule has 24 heavy (non-hydrogen) atoms. The number of alkyl halides is 5. The van der Waals surface area contributed by atoms with E-state index in [4.69, 9.17) is 4.74 Å². The maximum Gasteiger partial charge on any atom is 0.422 e. The summed E-state index contributed by atoms with van der Waals surface area (Å²) in [6.45, 7) is 6.53. The zero-order valence-corrected chi connectivity index (χ0v) is 14.4. The molecule has 2 aliphatic rings. The number of halogens is 5. The fourth-order valence-corrected chi connectivity index (χ4v) is 4.35. The molecule has 0 aliphatic heterocycles. The molecule has 0 saturated heterocycles. The Morgan fingerprint density at radius 2 is 1.83 bits per heavy atom. The van der Waals surface area contributed by atoms with E-state index in [1.54, 1.807) is 20.8 Å². The monoisotopic (exact) mass is 356 g/mol. The number of hydrogen-bond acceptors (Lipinski definition) is 2. The van der Waals surface area contributed by atoms with E-state index in [2.05, 4.69) is 0 Å². The molecule has 6 unspecified atom stereocenters. The van der Waals surface area contributed by atoms with E-state index in [1.165, 1.54) is 6.92 Å². The van der Waals surface area contributed by atoms with Crippen LogP contribution in [0.25, 0.3) is 0 Å². The smallest absolute Gasteiger partial charge is 0.422 e. The van der Waals surface area contributed by atoms with Gasteiger partial charge in [0.05, 0.1) is 5.92 Å². The van der Waals surface area contributed by atoms with Crippen molar-refractivity contribution in [3.05, 3.63) is 0 Å². The first-order valence-electron chi connectivity index (χ1n) is 8.39. The molecule has 0 N–H and O–H groups in total. The Labute approximate surface area is 139 Å². The highest BCUT2D eigenvalue weighted by atomic mass is 19.4. The standard InChI is InChI=1S/C17H25F5O2/c1-9(13(23)24-15(2,3)4)7-12-10-5-6-11(8-10)16(12,19)14(18)17(20,21)22/h9-12,14H,5-8H2,1-4H3. The molecule has 2 fully saturated rings. The number of rotatable bonds is 4. The average Bonchev–Trinajstić information content (AvgIpc) is 2.97. The summed E-state index contributed by atoms with van der Waals surface area (Å²) >= 11 is 0. The summed E-state index contributed by atoms with van der Waals surface area (Å²) in [5, 5.41) is 0. The molecule has 2 saturated carbocycles. The number of hydrogen-bond donors (Lipinski definition) is 0. The van der Waals surface area contributed by atoms with Crippen LogP contribution in [0.5, 0.6) is 0 Å². The van der Waals surface area contributed by atoms with Gasteiger partial charge in [-0.25, -0.2) is 8.78 Å². The molecule has 2 rings (SSSR count). The van der Waals surface area contributed by atoms with Crippen molar-refractivity contribution in [2.45, 2.75) is 77.0 Å². The van der Waals surface area contributed by atoms with Gasteiger partial charge >= 0.3 is 12.1 Å². The van der Waals surface area contributed by atoms with Crippen molar-refractivity contribution >= 4 is 5.97 Å². The predicted molar refractivity (Wildman–Crippen MR) is 78.7 cm³/mol. The van der Waals surface area contributed by atoms with Gasteiger partial charge in [-0.15, -0.1) is 0 Å². The molecule has 0 amide bonds. The van der Waals surface area contributed by atoms with E-state index in [9.17, 15) is 22.4 Å². The second kappa shape index (κ2) is 6.13. The fourth-order valence-electron chi connectivity index (χ4n) is 4.35. The first-order valence-corrected chi connectivity index (χ1v) is 8.39. The molecule has 2 bridgehead atoms. The number of carbonyl (C=O) groups is 1. The summed E-state index contributed by atoms with van der Waals surface area (Å²) < 4.78 is 73.1. The van der Waals surface area contributed by atoms with Crippen molar-refractivity contribution in [1.29, 1.82) is 0 Å². The Balaban J connectivity index is 2.17. The van der Waals surface area contributed by atoms with Gasteiger partial charge in [0.25, 0.3) is 0 Å². The number of ether oxygens (including phenoxy) is 1. The molecule has 2 nitrogen and oxygen atoms in total. The van der Waals surface area contributed by atoms with Crippen molar-refractivity contribution in [3.63, 3.8) is 0 Å². The van der Waals surface area contributed by atoms with Crippen LogP contribution < -0.4 is 0 Å². The quantitative estimate of drug-likeness (QED) is 0.523. The van der Waals surface area contributed by atoms with Gasteiger partial charge in [-0.1, -0.05) is 6.92 Å². The third kappa shape index (κ3) is 3.54. The lowest BCUT2D eigenvalue weighted by molar-refractivity contribution is -0.234. The Bertz CT molecular complexity index is 484. The first-order chi connectivity index (χ1) is 10.8. The molecule has 0 aromatic rings. The van der Waals surface area contributed by atoms with Crippen LogP contribution in [0.2, 0.25) is 0 Å². The third-order valence-corrected chi connectivity index (χ3v) is 5.33. The normalized spacial score (nSPS) is 35.8. The molecule has 7 heteroatoms. The lowest BCUT2D eigenvalue weighted by atomic mass is 9.70. The Hall–Kier alpha value is -0.880. The van der Waals surface area contributed by atoms with E-state index in [1.807, 2.05) is 0 Å². The largest absolute Gasteiger partial charge is 0.460 e. The summed E-state index contributed by atoms with van der Waals surface area (Å²) in [5.41, 5.74) is -3.67. The predicted octanol–water partition coefficient (Wildman–Crippen LogP) is 5.01. The molecule has 0 heterocycles. The van der Waals surface area contributed by atoms with Gasteiger partial charge in [-0.3, -0.25) is 4.79 Å². The van der Waals surface area contributed by atoms with E-state index in [-0.39, 0.29) is 25.2 Å². The van der Waals surface area contributed by atoms with E-state index < -0.39 is 47.3 Å². The summed E-state index contributed by atoms with van der Waals surface area (Å²) in [4.78, 5) is 12.1. The Morgan fingerprint density at radius 3 is 2.33 bits per heavy atom. The summed E-state index contributed by atoms with van der Waals surface area (Å²) in [5.74, 6) is -3.69. The highest BCUT2D eigenvalue weighted by molar-refractivity contribution is 5.72. The van der Waals surface area contributed by atoms with Crippen LogP contribution in [0.4, 0.5) is 22.0 Å². The first kappa shape index (κ1) is 19.4. The number of carbonyl (C=O) groups excluding carboxylic acids is 1. The second-order valence-corrected chi connectivity index (χ2v) is 8.28. The molecule has 6 atom stereocenters. The zero-order chi connectivity index (χ0) is 18.5. The van der Waals surface area contributed by atoms with Gasteiger partial charge in [0.15, 0.2) is 5.67 Å². The van der Waals surface area contributed by atoms with Crippen LogP contribution in [0, 0.1) is 23.7 Å². The van der Waals surface area contributed by atoms with E-state index in [0.29, 0.717) is 6.42 Å².